The van der Waals surface area contributed by atoms with Gasteiger partial charge in [0.05, 0.1) is 11.6 Å². The molecule has 2 aromatic heterocycles. The van der Waals surface area contributed by atoms with Gasteiger partial charge in [-0.05, 0) is 86.7 Å². The molecule has 7 heteroatoms. The molecule has 2 aromatic carbocycles. The second-order valence-corrected chi connectivity index (χ2v) is 11.1. The van der Waals surface area contributed by atoms with Crippen LogP contribution < -0.4 is 10.2 Å². The number of furan rings is 1. The van der Waals surface area contributed by atoms with E-state index in [0.717, 1.165) is 81.3 Å². The van der Waals surface area contributed by atoms with Gasteiger partial charge in [0.1, 0.15) is 5.58 Å². The van der Waals surface area contributed by atoms with Crippen LogP contribution >= 0.6 is 0 Å². The van der Waals surface area contributed by atoms with E-state index in [0.29, 0.717) is 11.3 Å². The summed E-state index contributed by atoms with van der Waals surface area (Å²) in [6, 6.07) is 16.5. The number of aromatic nitrogens is 1. The minimum absolute atomic E-state index is 0.0927. The number of nitrogens with one attached hydrogen (secondary N) is 2. The lowest BCUT2D eigenvalue weighted by molar-refractivity contribution is 0.0901. The van der Waals surface area contributed by atoms with Crippen LogP contribution in [0.1, 0.15) is 66.6 Å². The van der Waals surface area contributed by atoms with Crippen LogP contribution in [0, 0.1) is 11.3 Å². The first kappa shape index (κ1) is 25.5. The lowest BCUT2D eigenvalue weighted by Gasteiger charge is -2.36. The predicted octanol–water partition coefficient (Wildman–Crippen LogP) is 5.99. The van der Waals surface area contributed by atoms with Crippen molar-refractivity contribution in [2.45, 2.75) is 57.4 Å². The maximum absolute atomic E-state index is 12.7. The molecule has 3 heterocycles. The number of hydrogen-bond donors (Lipinski definition) is 2. The highest BCUT2D eigenvalue weighted by Gasteiger charge is 2.21. The Labute approximate surface area is 229 Å². The fraction of sp³-hybridized carbons (Fsp3) is 0.438. The molecule has 1 amide bonds. The van der Waals surface area contributed by atoms with E-state index >= 15 is 0 Å². The number of amides is 1. The van der Waals surface area contributed by atoms with Crippen molar-refractivity contribution in [1.82, 2.24) is 15.2 Å². The molecular weight excluding hydrogens is 486 g/mol. The molecule has 7 nitrogen and oxygen atoms in total. The van der Waals surface area contributed by atoms with Gasteiger partial charge in [0.2, 0.25) is 0 Å². The molecule has 0 atom stereocenters. The smallest absolute Gasteiger partial charge is 0.287 e. The van der Waals surface area contributed by atoms with Crippen molar-refractivity contribution in [1.29, 1.82) is 5.26 Å². The van der Waals surface area contributed by atoms with Crippen molar-refractivity contribution in [2.24, 2.45) is 0 Å². The number of benzene rings is 2. The molecule has 2 fully saturated rings. The standard InChI is InChI=1S/C32H37N5O2/c33-21-23-9-11-29-28(18-23)24(22-34-29)6-4-5-13-36-14-16-37(17-15-36)27-10-12-30-25(19-27)20-31(39-30)32(38)35-26-7-2-1-3-8-26/h9-12,18-20,22,26,34H,1-8,13-17H2,(H,35,38). The summed E-state index contributed by atoms with van der Waals surface area (Å²) in [6.45, 7) is 5.21. The Morgan fingerprint density at radius 1 is 1.03 bits per heavy atom. The summed E-state index contributed by atoms with van der Waals surface area (Å²) >= 11 is 0. The largest absolute Gasteiger partial charge is 0.451 e. The first-order valence-corrected chi connectivity index (χ1v) is 14.5. The maximum Gasteiger partial charge on any atom is 0.287 e. The van der Waals surface area contributed by atoms with Crippen LogP contribution in [-0.4, -0.2) is 54.6 Å². The maximum atomic E-state index is 12.7. The predicted molar refractivity (Wildman–Crippen MR) is 155 cm³/mol. The summed E-state index contributed by atoms with van der Waals surface area (Å²) in [5, 5.41) is 14.5. The number of rotatable bonds is 8. The average Bonchev–Trinajstić information content (AvgIpc) is 3.59. The van der Waals surface area contributed by atoms with Gasteiger partial charge in [-0.2, -0.15) is 5.26 Å². The van der Waals surface area contributed by atoms with Gasteiger partial charge in [0.15, 0.2) is 5.76 Å². The van der Waals surface area contributed by atoms with E-state index in [2.05, 4.69) is 44.5 Å². The normalized spacial score (nSPS) is 17.1. The van der Waals surface area contributed by atoms with E-state index in [9.17, 15) is 10.1 Å². The van der Waals surface area contributed by atoms with E-state index in [1.54, 1.807) is 0 Å². The molecule has 0 radical (unpaired) electrons. The molecule has 0 unspecified atom stereocenters. The molecule has 2 N–H and O–H groups in total. The molecule has 202 valence electrons. The molecule has 1 saturated carbocycles. The first-order chi connectivity index (χ1) is 19.2. The SMILES string of the molecule is N#Cc1ccc2[nH]cc(CCCCN3CCN(c4ccc5oc(C(=O)NC6CCCCC6)cc5c4)CC3)c2c1. The third-order valence-electron chi connectivity index (χ3n) is 8.47. The Bertz CT molecular complexity index is 1480. The van der Waals surface area contributed by atoms with Gasteiger partial charge in [-0.3, -0.25) is 9.69 Å². The molecule has 1 aliphatic heterocycles. The third kappa shape index (κ3) is 5.81. The number of nitrogens with zero attached hydrogens (tertiary/aromatic N) is 3. The molecule has 1 aliphatic carbocycles. The van der Waals surface area contributed by atoms with E-state index < -0.39 is 0 Å². The zero-order chi connectivity index (χ0) is 26.6. The highest BCUT2D eigenvalue weighted by atomic mass is 16.3. The van der Waals surface area contributed by atoms with E-state index in [1.165, 1.54) is 35.9 Å². The Hall–Kier alpha value is -3.76. The molecule has 0 bridgehead atoms. The number of fused-ring (bicyclic) bond motifs is 2. The van der Waals surface area contributed by atoms with Crippen molar-refractivity contribution >= 4 is 33.5 Å². The summed E-state index contributed by atoms with van der Waals surface area (Å²) in [5.41, 5.74) is 5.08. The summed E-state index contributed by atoms with van der Waals surface area (Å²) in [7, 11) is 0. The summed E-state index contributed by atoms with van der Waals surface area (Å²) < 4.78 is 5.89. The van der Waals surface area contributed by atoms with Gasteiger partial charge in [-0.15, -0.1) is 0 Å². The molecule has 0 spiro atoms. The highest BCUT2D eigenvalue weighted by molar-refractivity contribution is 5.97. The lowest BCUT2D eigenvalue weighted by Crippen LogP contribution is -2.46. The van der Waals surface area contributed by atoms with Crippen molar-refractivity contribution < 1.29 is 9.21 Å². The zero-order valence-corrected chi connectivity index (χ0v) is 22.5. The topological polar surface area (TPSA) is 88.3 Å². The second kappa shape index (κ2) is 11.5. The Morgan fingerprint density at radius 2 is 1.87 bits per heavy atom. The van der Waals surface area contributed by atoms with Gasteiger partial charge in [-0.1, -0.05) is 19.3 Å². The van der Waals surface area contributed by atoms with Crippen LogP contribution in [0.4, 0.5) is 5.69 Å². The van der Waals surface area contributed by atoms with Crippen molar-refractivity contribution in [3.05, 3.63) is 65.5 Å². The summed E-state index contributed by atoms with van der Waals surface area (Å²) in [5.74, 6) is 0.320. The van der Waals surface area contributed by atoms with Crippen molar-refractivity contribution in [3.8, 4) is 6.07 Å². The number of aromatic amines is 1. The van der Waals surface area contributed by atoms with Gasteiger partial charge in [0.25, 0.3) is 5.91 Å². The van der Waals surface area contributed by atoms with Gasteiger partial charge in [-0.25, -0.2) is 0 Å². The van der Waals surface area contributed by atoms with Crippen molar-refractivity contribution in [3.63, 3.8) is 0 Å². The van der Waals surface area contributed by atoms with Crippen LogP contribution in [0.5, 0.6) is 0 Å². The van der Waals surface area contributed by atoms with E-state index in [4.69, 9.17) is 4.42 Å². The highest BCUT2D eigenvalue weighted by Crippen LogP contribution is 2.27. The summed E-state index contributed by atoms with van der Waals surface area (Å²) in [6.07, 6.45) is 11.2. The van der Waals surface area contributed by atoms with E-state index in [1.807, 2.05) is 30.3 Å². The zero-order valence-electron chi connectivity index (χ0n) is 22.5. The molecule has 4 aromatic rings. The number of carbonyl (C=O) groups excluding carboxylic acids is 1. The Morgan fingerprint density at radius 3 is 2.69 bits per heavy atom. The second-order valence-electron chi connectivity index (χ2n) is 11.1. The number of aryl methyl sites for hydroxylation is 1. The Kier molecular flexibility index (Phi) is 7.55. The number of piperazine rings is 1. The average molecular weight is 524 g/mol. The number of H-pyrrole nitrogens is 1. The molecule has 1 saturated heterocycles. The number of anilines is 1. The van der Waals surface area contributed by atoms with Crippen LogP contribution in [-0.2, 0) is 6.42 Å². The van der Waals surface area contributed by atoms with Crippen LogP contribution in [0.2, 0.25) is 0 Å². The molecular formula is C32H37N5O2. The fourth-order valence-electron chi connectivity index (χ4n) is 6.18. The van der Waals surface area contributed by atoms with Gasteiger partial charge >= 0.3 is 0 Å². The molecule has 39 heavy (non-hydrogen) atoms. The Balaban J connectivity index is 0.978. The molecule has 2 aliphatic rings. The number of unbranched alkanes of at least 4 members (excludes halogenated alkanes) is 1. The monoisotopic (exact) mass is 523 g/mol. The van der Waals surface area contributed by atoms with Crippen LogP contribution in [0.3, 0.4) is 0 Å². The minimum atomic E-state index is -0.0927. The number of carbonyl (C=O) groups is 1. The van der Waals surface area contributed by atoms with E-state index in [-0.39, 0.29) is 11.9 Å². The van der Waals surface area contributed by atoms with Crippen LogP contribution in [0.25, 0.3) is 21.9 Å². The van der Waals surface area contributed by atoms with Gasteiger partial charge in [0, 0.05) is 60.4 Å². The lowest BCUT2D eigenvalue weighted by atomic mass is 9.95. The molecule has 6 rings (SSSR count). The van der Waals surface area contributed by atoms with Crippen LogP contribution in [0.15, 0.2) is 53.1 Å². The minimum Gasteiger partial charge on any atom is -0.451 e. The van der Waals surface area contributed by atoms with Crippen molar-refractivity contribution in [2.75, 3.05) is 37.6 Å². The quantitative estimate of drug-likeness (QED) is 0.277. The van der Waals surface area contributed by atoms with Gasteiger partial charge < -0.3 is 19.6 Å². The third-order valence-corrected chi connectivity index (χ3v) is 8.47. The fourth-order valence-corrected chi connectivity index (χ4v) is 6.18. The first-order valence-electron chi connectivity index (χ1n) is 14.5. The number of hydrogen-bond acceptors (Lipinski definition) is 5. The number of nitriles is 1. The summed E-state index contributed by atoms with van der Waals surface area (Å²) in [4.78, 5) is 21.1.